The van der Waals surface area contributed by atoms with Crippen molar-refractivity contribution in [2.24, 2.45) is 0 Å². The first kappa shape index (κ1) is 19.0. The minimum Gasteiger partial charge on any atom is -0.478 e. The Labute approximate surface area is 147 Å². The molecule has 25 heavy (non-hydrogen) atoms. The highest BCUT2D eigenvalue weighted by molar-refractivity contribution is 7.89. The molecule has 0 fully saturated rings. The van der Waals surface area contributed by atoms with Gasteiger partial charge in [0.1, 0.15) is 0 Å². The quantitative estimate of drug-likeness (QED) is 0.703. The molecular weight excluding hydrogens is 340 g/mol. The number of sulfonamides is 1. The number of aromatic carboxylic acids is 1. The molecular formula is C18H22N2O4S. The number of hydrogen-bond acceptors (Lipinski definition) is 4. The number of rotatable bonds is 7. The molecule has 0 amide bonds. The number of nitrogens with one attached hydrogen (secondary N) is 2. The average Bonchev–Trinajstić information content (AvgIpc) is 2.54. The maximum atomic E-state index is 12.2. The van der Waals surface area contributed by atoms with Crippen molar-refractivity contribution in [3.63, 3.8) is 0 Å². The zero-order chi connectivity index (χ0) is 18.6. The fourth-order valence-electron chi connectivity index (χ4n) is 2.43. The molecule has 2 aromatic carbocycles. The van der Waals surface area contributed by atoms with Gasteiger partial charge in [0.15, 0.2) is 0 Å². The van der Waals surface area contributed by atoms with E-state index in [1.165, 1.54) is 18.2 Å². The fourth-order valence-corrected chi connectivity index (χ4v) is 3.71. The Morgan fingerprint density at radius 2 is 1.68 bits per heavy atom. The molecule has 134 valence electrons. The molecule has 3 N–H and O–H groups in total. The third-order valence-corrected chi connectivity index (χ3v) is 5.25. The number of carbonyl (C=O) groups is 1. The minimum absolute atomic E-state index is 0.0727. The smallest absolute Gasteiger partial charge is 0.337 e. The first-order chi connectivity index (χ1) is 11.7. The maximum absolute atomic E-state index is 12.2. The average molecular weight is 362 g/mol. The summed E-state index contributed by atoms with van der Waals surface area (Å²) in [4.78, 5) is 11.5. The highest BCUT2D eigenvalue weighted by atomic mass is 32.2. The molecule has 0 aromatic heterocycles. The van der Waals surface area contributed by atoms with Gasteiger partial charge >= 0.3 is 5.97 Å². The van der Waals surface area contributed by atoms with Gasteiger partial charge in [-0.2, -0.15) is 0 Å². The molecule has 0 saturated carbocycles. The van der Waals surface area contributed by atoms with E-state index >= 15 is 0 Å². The van der Waals surface area contributed by atoms with Gasteiger partial charge in [0.2, 0.25) is 10.0 Å². The second-order valence-electron chi connectivity index (χ2n) is 6.07. The van der Waals surface area contributed by atoms with E-state index in [0.717, 1.165) is 5.56 Å². The van der Waals surface area contributed by atoms with Crippen LogP contribution in [0.25, 0.3) is 0 Å². The van der Waals surface area contributed by atoms with Crippen LogP contribution in [0.1, 0.15) is 42.7 Å². The van der Waals surface area contributed by atoms with Crippen molar-refractivity contribution >= 4 is 21.7 Å². The Morgan fingerprint density at radius 1 is 1.04 bits per heavy atom. The Kier molecular flexibility index (Phi) is 5.81. The van der Waals surface area contributed by atoms with Crippen LogP contribution in [0.2, 0.25) is 0 Å². The van der Waals surface area contributed by atoms with Gasteiger partial charge in [-0.1, -0.05) is 30.3 Å². The lowest BCUT2D eigenvalue weighted by atomic mass is 10.1. The number of anilines is 1. The van der Waals surface area contributed by atoms with Crippen LogP contribution in [0.5, 0.6) is 0 Å². The van der Waals surface area contributed by atoms with Gasteiger partial charge in [-0.05, 0) is 44.5 Å². The molecule has 0 spiro atoms. The molecule has 0 aliphatic carbocycles. The molecule has 2 aromatic rings. The summed E-state index contributed by atoms with van der Waals surface area (Å²) in [5, 5.41) is 12.6. The van der Waals surface area contributed by atoms with Crippen LogP contribution >= 0.6 is 0 Å². The van der Waals surface area contributed by atoms with Gasteiger partial charge in [-0.25, -0.2) is 17.9 Å². The number of carboxylic acid groups (broad SMARTS) is 1. The molecule has 0 heterocycles. The van der Waals surface area contributed by atoms with Crippen molar-refractivity contribution in [3.8, 4) is 0 Å². The molecule has 0 aliphatic heterocycles. The first-order valence-corrected chi connectivity index (χ1v) is 9.40. The van der Waals surface area contributed by atoms with Gasteiger partial charge in [0, 0.05) is 17.8 Å². The van der Waals surface area contributed by atoms with E-state index in [2.05, 4.69) is 10.0 Å². The van der Waals surface area contributed by atoms with Gasteiger partial charge in [-0.15, -0.1) is 0 Å². The Bertz CT molecular complexity index is 849. The van der Waals surface area contributed by atoms with E-state index in [1.54, 1.807) is 13.8 Å². The van der Waals surface area contributed by atoms with E-state index < -0.39 is 16.0 Å². The molecule has 2 rings (SSSR count). The van der Waals surface area contributed by atoms with Crippen molar-refractivity contribution < 1.29 is 18.3 Å². The van der Waals surface area contributed by atoms with E-state index in [9.17, 15) is 18.3 Å². The second kappa shape index (κ2) is 7.67. The lowest BCUT2D eigenvalue weighted by Crippen LogP contribution is -2.30. The fraction of sp³-hybridized carbons (Fsp3) is 0.278. The van der Waals surface area contributed by atoms with Crippen LogP contribution < -0.4 is 10.0 Å². The molecule has 0 aliphatic rings. The number of hydrogen-bond donors (Lipinski definition) is 3. The van der Waals surface area contributed by atoms with Gasteiger partial charge < -0.3 is 10.4 Å². The van der Waals surface area contributed by atoms with E-state index in [-0.39, 0.29) is 22.5 Å². The van der Waals surface area contributed by atoms with Crippen molar-refractivity contribution in [3.05, 3.63) is 59.7 Å². The molecule has 1 atom stereocenters. The second-order valence-corrected chi connectivity index (χ2v) is 7.78. The highest BCUT2D eigenvalue weighted by Gasteiger charge is 2.20. The predicted octanol–water partition coefficient (Wildman–Crippen LogP) is 3.24. The summed E-state index contributed by atoms with van der Waals surface area (Å²) in [6, 6.07) is 13.2. The minimum atomic E-state index is -3.75. The van der Waals surface area contributed by atoms with Crippen molar-refractivity contribution in [2.45, 2.75) is 37.8 Å². The van der Waals surface area contributed by atoms with Gasteiger partial charge in [0.25, 0.3) is 0 Å². The van der Waals surface area contributed by atoms with E-state index in [1.807, 2.05) is 37.3 Å². The lowest BCUT2D eigenvalue weighted by Gasteiger charge is -2.18. The van der Waals surface area contributed by atoms with E-state index in [4.69, 9.17) is 0 Å². The lowest BCUT2D eigenvalue weighted by molar-refractivity contribution is 0.0697. The molecule has 1 unspecified atom stereocenters. The molecule has 0 saturated heterocycles. The summed E-state index contributed by atoms with van der Waals surface area (Å²) in [5.74, 6) is -1.19. The van der Waals surface area contributed by atoms with Gasteiger partial charge in [-0.3, -0.25) is 0 Å². The molecule has 7 heteroatoms. The van der Waals surface area contributed by atoms with Crippen LogP contribution in [0, 0.1) is 0 Å². The van der Waals surface area contributed by atoms with E-state index in [0.29, 0.717) is 5.69 Å². The van der Waals surface area contributed by atoms with Gasteiger partial charge in [0.05, 0.1) is 10.5 Å². The van der Waals surface area contributed by atoms with Crippen molar-refractivity contribution in [2.75, 3.05) is 5.32 Å². The molecule has 0 bridgehead atoms. The third kappa shape index (κ3) is 4.80. The van der Waals surface area contributed by atoms with Crippen molar-refractivity contribution in [1.29, 1.82) is 0 Å². The summed E-state index contributed by atoms with van der Waals surface area (Å²) < 4.78 is 26.9. The zero-order valence-electron chi connectivity index (χ0n) is 14.4. The van der Waals surface area contributed by atoms with Crippen LogP contribution in [0.3, 0.4) is 0 Å². The van der Waals surface area contributed by atoms with Crippen LogP contribution in [-0.2, 0) is 10.0 Å². The predicted molar refractivity (Wildman–Crippen MR) is 97.3 cm³/mol. The summed E-state index contributed by atoms with van der Waals surface area (Å²) in [6.45, 7) is 5.31. The van der Waals surface area contributed by atoms with Crippen LogP contribution in [-0.4, -0.2) is 25.5 Å². The Hall–Kier alpha value is -2.38. The van der Waals surface area contributed by atoms with Crippen LogP contribution in [0.15, 0.2) is 53.4 Å². The maximum Gasteiger partial charge on any atom is 0.337 e. The Morgan fingerprint density at radius 3 is 2.24 bits per heavy atom. The molecule has 0 radical (unpaired) electrons. The number of benzene rings is 2. The first-order valence-electron chi connectivity index (χ1n) is 7.92. The largest absolute Gasteiger partial charge is 0.478 e. The summed E-state index contributed by atoms with van der Waals surface area (Å²) >= 11 is 0. The molecule has 6 nitrogen and oxygen atoms in total. The summed E-state index contributed by atoms with van der Waals surface area (Å²) in [6.07, 6.45) is 0. The van der Waals surface area contributed by atoms with Crippen molar-refractivity contribution in [1.82, 2.24) is 4.72 Å². The summed E-state index contributed by atoms with van der Waals surface area (Å²) in [5.41, 5.74) is 1.28. The monoisotopic (exact) mass is 362 g/mol. The normalized spacial score (nSPS) is 12.8. The number of carboxylic acids is 1. The Balaban J connectivity index is 2.35. The topological polar surface area (TPSA) is 95.5 Å². The highest BCUT2D eigenvalue weighted by Crippen LogP contribution is 2.25. The standard InChI is InChI=1S/C18H22N2O4S/c1-12(2)20-25(23,24)15-9-10-17(16(11-15)18(21)22)19-13(3)14-7-5-4-6-8-14/h4-13,19-20H,1-3H3,(H,21,22). The van der Waals surface area contributed by atoms with Crippen LogP contribution in [0.4, 0.5) is 5.69 Å². The third-order valence-electron chi connectivity index (χ3n) is 3.59. The summed E-state index contributed by atoms with van der Waals surface area (Å²) in [7, 11) is -3.75. The zero-order valence-corrected chi connectivity index (χ0v) is 15.2. The SMILES string of the molecule is CC(C)NS(=O)(=O)c1ccc(NC(C)c2ccccc2)c(C(=O)O)c1.